The van der Waals surface area contributed by atoms with Crippen molar-refractivity contribution in [1.82, 2.24) is 9.55 Å². The van der Waals surface area contributed by atoms with E-state index in [1.54, 1.807) is 0 Å². The van der Waals surface area contributed by atoms with E-state index in [1.807, 2.05) is 6.07 Å². The van der Waals surface area contributed by atoms with Gasteiger partial charge in [0.25, 0.3) is 5.56 Å². The first-order valence-corrected chi connectivity index (χ1v) is 6.64. The third kappa shape index (κ3) is 3.46. The van der Waals surface area contributed by atoms with Crippen LogP contribution in [0.2, 0.25) is 0 Å². The molecular formula is C13H8FN3O3S. The van der Waals surface area contributed by atoms with Crippen molar-refractivity contribution in [3.05, 3.63) is 52.2 Å². The predicted octanol–water partition coefficient (Wildman–Crippen LogP) is 1.42. The summed E-state index contributed by atoms with van der Waals surface area (Å²) >= 11 is 0.803. The Kier molecular flexibility index (Phi) is 4.35. The maximum Gasteiger partial charge on any atom is 0.313 e. The monoisotopic (exact) mass is 305 g/mol. The second-order valence-corrected chi connectivity index (χ2v) is 4.82. The normalized spacial score (nSPS) is 10.1. The van der Waals surface area contributed by atoms with Crippen LogP contribution in [0.5, 0.6) is 0 Å². The number of nitrogens with zero attached hydrogens (tertiary/aromatic N) is 3. The fourth-order valence-electron chi connectivity index (χ4n) is 1.57. The average Bonchev–Trinajstić information content (AvgIpc) is 2.45. The van der Waals surface area contributed by atoms with Crippen molar-refractivity contribution in [3.63, 3.8) is 0 Å². The maximum absolute atomic E-state index is 14.0. The largest absolute Gasteiger partial charge is 0.481 e. The van der Waals surface area contributed by atoms with Crippen LogP contribution in [0.15, 0.2) is 40.4 Å². The zero-order valence-corrected chi connectivity index (χ0v) is 11.3. The van der Waals surface area contributed by atoms with Crippen LogP contribution < -0.4 is 5.56 Å². The van der Waals surface area contributed by atoms with Gasteiger partial charge in [-0.05, 0) is 18.2 Å². The van der Waals surface area contributed by atoms with Crippen LogP contribution in [0.1, 0.15) is 5.56 Å². The van der Waals surface area contributed by atoms with Crippen LogP contribution in [0.4, 0.5) is 4.39 Å². The van der Waals surface area contributed by atoms with Gasteiger partial charge in [-0.2, -0.15) is 10.2 Å². The number of nitriles is 1. The molecule has 1 heterocycles. The first-order valence-electron chi connectivity index (χ1n) is 5.65. The molecule has 6 nitrogen and oxygen atoms in total. The quantitative estimate of drug-likeness (QED) is 0.678. The molecule has 1 aromatic carbocycles. The van der Waals surface area contributed by atoms with Crippen LogP contribution in [0, 0.1) is 17.1 Å². The smallest absolute Gasteiger partial charge is 0.313 e. The molecular weight excluding hydrogens is 297 g/mol. The summed E-state index contributed by atoms with van der Waals surface area (Å²) in [5.41, 5.74) is -0.312. The first-order chi connectivity index (χ1) is 10.0. The Morgan fingerprint density at radius 3 is 2.86 bits per heavy atom. The van der Waals surface area contributed by atoms with Gasteiger partial charge < -0.3 is 5.11 Å². The lowest BCUT2D eigenvalue weighted by Crippen LogP contribution is -2.14. The number of halogens is 1. The first kappa shape index (κ1) is 14.7. The number of aliphatic carboxylic acids is 1. The number of hydrogen-bond acceptors (Lipinski definition) is 5. The van der Waals surface area contributed by atoms with E-state index >= 15 is 0 Å². The Bertz CT molecular complexity index is 798. The topological polar surface area (TPSA) is 96.0 Å². The number of carbonyl (C=O) groups is 1. The van der Waals surface area contributed by atoms with E-state index in [0.29, 0.717) is 0 Å². The Balaban J connectivity index is 2.50. The molecule has 0 radical (unpaired) electrons. The molecule has 0 aliphatic heterocycles. The van der Waals surface area contributed by atoms with Crippen molar-refractivity contribution >= 4 is 17.7 Å². The standard InChI is InChI=1S/C13H8FN3O3S/c14-9-5-8(6-15)1-2-10(9)17-4-3-11(18)16-13(17)21-7-12(19)20/h1-5H,7H2,(H,19,20). The zero-order valence-electron chi connectivity index (χ0n) is 10.5. The van der Waals surface area contributed by atoms with Gasteiger partial charge in [0.05, 0.1) is 23.1 Å². The van der Waals surface area contributed by atoms with E-state index in [4.69, 9.17) is 10.4 Å². The number of thioether (sulfide) groups is 1. The molecule has 0 spiro atoms. The maximum atomic E-state index is 14.0. The van der Waals surface area contributed by atoms with E-state index in [2.05, 4.69) is 4.98 Å². The highest BCUT2D eigenvalue weighted by Crippen LogP contribution is 2.21. The van der Waals surface area contributed by atoms with Crippen molar-refractivity contribution in [2.75, 3.05) is 5.75 Å². The lowest BCUT2D eigenvalue weighted by Gasteiger charge is -2.11. The van der Waals surface area contributed by atoms with Crippen molar-refractivity contribution in [2.24, 2.45) is 0 Å². The molecule has 2 rings (SSSR count). The SMILES string of the molecule is N#Cc1ccc(-n2ccc(=O)nc2SCC(=O)O)c(F)c1. The highest BCUT2D eigenvalue weighted by atomic mass is 32.2. The van der Waals surface area contributed by atoms with Gasteiger partial charge in [0.2, 0.25) is 0 Å². The lowest BCUT2D eigenvalue weighted by atomic mass is 10.2. The van der Waals surface area contributed by atoms with Crippen molar-refractivity contribution < 1.29 is 14.3 Å². The summed E-state index contributed by atoms with van der Waals surface area (Å²) in [6.07, 6.45) is 1.31. The van der Waals surface area contributed by atoms with Gasteiger partial charge in [0.1, 0.15) is 5.82 Å². The summed E-state index contributed by atoms with van der Waals surface area (Å²) in [5.74, 6) is -2.06. The van der Waals surface area contributed by atoms with Gasteiger partial charge in [-0.15, -0.1) is 0 Å². The van der Waals surface area contributed by atoms with Gasteiger partial charge in [0.15, 0.2) is 5.16 Å². The molecule has 2 aromatic rings. The molecule has 8 heteroatoms. The fourth-order valence-corrected chi connectivity index (χ4v) is 2.28. The molecule has 1 aromatic heterocycles. The number of carboxylic acids is 1. The van der Waals surface area contributed by atoms with Gasteiger partial charge >= 0.3 is 5.97 Å². The molecule has 21 heavy (non-hydrogen) atoms. The molecule has 0 atom stereocenters. The van der Waals surface area contributed by atoms with Gasteiger partial charge in [-0.25, -0.2) is 4.39 Å². The fraction of sp³-hybridized carbons (Fsp3) is 0.0769. The summed E-state index contributed by atoms with van der Waals surface area (Å²) in [6, 6.07) is 6.79. The second-order valence-electron chi connectivity index (χ2n) is 3.88. The van der Waals surface area contributed by atoms with Gasteiger partial charge in [-0.3, -0.25) is 14.2 Å². The van der Waals surface area contributed by atoms with E-state index in [-0.39, 0.29) is 22.2 Å². The Morgan fingerprint density at radius 2 is 2.24 bits per heavy atom. The van der Waals surface area contributed by atoms with Crippen LogP contribution in [0.3, 0.4) is 0 Å². The van der Waals surface area contributed by atoms with Crippen molar-refractivity contribution in [3.8, 4) is 11.8 Å². The van der Waals surface area contributed by atoms with Gasteiger partial charge in [-0.1, -0.05) is 11.8 Å². The number of hydrogen-bond donors (Lipinski definition) is 1. The summed E-state index contributed by atoms with van der Waals surface area (Å²) in [4.78, 5) is 25.6. The molecule has 0 saturated heterocycles. The third-order valence-electron chi connectivity index (χ3n) is 2.44. The Hall–Kier alpha value is -2.66. The van der Waals surface area contributed by atoms with E-state index in [0.717, 1.165) is 23.9 Å². The van der Waals surface area contributed by atoms with Crippen LogP contribution in [-0.4, -0.2) is 26.4 Å². The zero-order chi connectivity index (χ0) is 15.4. The van der Waals surface area contributed by atoms with Gasteiger partial charge in [0, 0.05) is 12.3 Å². The molecule has 0 aliphatic rings. The molecule has 106 valence electrons. The minimum absolute atomic E-state index is 0.0634. The molecule has 0 amide bonds. The van der Waals surface area contributed by atoms with Crippen molar-refractivity contribution in [1.29, 1.82) is 5.26 Å². The summed E-state index contributed by atoms with van der Waals surface area (Å²) in [6.45, 7) is 0. The van der Waals surface area contributed by atoms with E-state index in [1.165, 1.54) is 22.9 Å². The number of rotatable bonds is 4. The minimum atomic E-state index is -1.08. The molecule has 0 saturated carbocycles. The third-order valence-corrected chi connectivity index (χ3v) is 3.38. The highest BCUT2D eigenvalue weighted by molar-refractivity contribution is 7.99. The second kappa shape index (κ2) is 6.19. The molecule has 1 N–H and O–H groups in total. The molecule has 0 aliphatic carbocycles. The molecule has 0 bridgehead atoms. The van der Waals surface area contributed by atoms with E-state index < -0.39 is 17.3 Å². The number of benzene rings is 1. The van der Waals surface area contributed by atoms with E-state index in [9.17, 15) is 14.0 Å². The van der Waals surface area contributed by atoms with Crippen LogP contribution >= 0.6 is 11.8 Å². The molecule has 0 fully saturated rings. The Labute approximate surface area is 122 Å². The van der Waals surface area contributed by atoms with Crippen molar-refractivity contribution in [2.45, 2.75) is 5.16 Å². The van der Waals surface area contributed by atoms with Crippen LogP contribution in [-0.2, 0) is 4.79 Å². The summed E-state index contributed by atoms with van der Waals surface area (Å²) < 4.78 is 15.3. The predicted molar refractivity (Wildman–Crippen MR) is 72.9 cm³/mol. The summed E-state index contributed by atoms with van der Waals surface area (Å²) in [5, 5.41) is 17.5. The molecule has 0 unspecified atom stereocenters. The number of carboxylic acid groups (broad SMARTS) is 1. The highest BCUT2D eigenvalue weighted by Gasteiger charge is 2.12. The summed E-state index contributed by atoms with van der Waals surface area (Å²) in [7, 11) is 0. The Morgan fingerprint density at radius 1 is 1.48 bits per heavy atom. The lowest BCUT2D eigenvalue weighted by molar-refractivity contribution is -0.133. The average molecular weight is 305 g/mol. The number of aromatic nitrogens is 2. The minimum Gasteiger partial charge on any atom is -0.481 e. The van der Waals surface area contributed by atoms with Crippen LogP contribution in [0.25, 0.3) is 5.69 Å².